The van der Waals surface area contributed by atoms with E-state index < -0.39 is 11.9 Å². The molecule has 1 atom stereocenters. The van der Waals surface area contributed by atoms with Crippen LogP contribution in [-0.4, -0.2) is 5.78 Å². The molecule has 28 heavy (non-hydrogen) atoms. The number of hydrogen-bond acceptors (Lipinski definition) is 2. The molecule has 0 aromatic heterocycles. The number of ketones is 1. The first-order chi connectivity index (χ1) is 13.7. The van der Waals surface area contributed by atoms with Crippen LogP contribution in [0.15, 0.2) is 72.8 Å². The number of fused-ring (bicyclic) bond motifs is 1. The van der Waals surface area contributed by atoms with Crippen LogP contribution in [0.3, 0.4) is 0 Å². The van der Waals surface area contributed by atoms with Crippen molar-refractivity contribution in [3.63, 3.8) is 0 Å². The molecule has 3 heteroatoms. The van der Waals surface area contributed by atoms with Gasteiger partial charge in [-0.25, -0.2) is 4.39 Å². The summed E-state index contributed by atoms with van der Waals surface area (Å²) in [6.07, 6.45) is 3.03. The van der Waals surface area contributed by atoms with E-state index in [1.165, 1.54) is 35.4 Å². The van der Waals surface area contributed by atoms with E-state index in [0.717, 1.165) is 23.6 Å². The molecule has 0 amide bonds. The van der Waals surface area contributed by atoms with Crippen molar-refractivity contribution in [1.29, 1.82) is 0 Å². The normalized spacial score (nSPS) is 18.3. The summed E-state index contributed by atoms with van der Waals surface area (Å²) in [6, 6.07) is 21.9. The van der Waals surface area contributed by atoms with Crippen molar-refractivity contribution in [2.45, 2.75) is 25.4 Å². The highest BCUT2D eigenvalue weighted by molar-refractivity contribution is 6.27. The van der Waals surface area contributed by atoms with Gasteiger partial charge < -0.3 is 4.74 Å². The lowest BCUT2D eigenvalue weighted by Gasteiger charge is -2.28. The molecule has 1 aliphatic heterocycles. The Kier molecular flexibility index (Phi) is 4.09. The first-order valence-corrected chi connectivity index (χ1v) is 9.59. The van der Waals surface area contributed by atoms with E-state index in [0.29, 0.717) is 11.3 Å². The van der Waals surface area contributed by atoms with Crippen LogP contribution in [0, 0.1) is 5.82 Å². The predicted octanol–water partition coefficient (Wildman–Crippen LogP) is 4.33. The van der Waals surface area contributed by atoms with Gasteiger partial charge in [0.25, 0.3) is 0 Å². The molecule has 1 heterocycles. The number of ether oxygens (including phenoxy) is 1. The number of rotatable bonds is 1. The molecule has 0 N–H and O–H groups in total. The van der Waals surface area contributed by atoms with E-state index in [9.17, 15) is 9.18 Å². The van der Waals surface area contributed by atoms with Crippen LogP contribution in [0.5, 0.6) is 5.75 Å². The van der Waals surface area contributed by atoms with E-state index >= 15 is 0 Å². The minimum Gasteiger partial charge on any atom is -0.480 e. The molecular weight excluding hydrogens is 351 g/mol. The van der Waals surface area contributed by atoms with Crippen LogP contribution >= 0.6 is 0 Å². The van der Waals surface area contributed by atoms with E-state index in [2.05, 4.69) is 12.1 Å². The number of halogens is 1. The van der Waals surface area contributed by atoms with Crippen LogP contribution in [0.1, 0.15) is 41.3 Å². The van der Waals surface area contributed by atoms with E-state index in [-0.39, 0.29) is 11.3 Å². The average Bonchev–Trinajstić information content (AvgIpc) is 2.68. The highest BCUT2D eigenvalue weighted by Gasteiger charge is 2.33. The third kappa shape index (κ3) is 2.84. The minimum absolute atomic E-state index is 0.182. The molecule has 1 saturated carbocycles. The second-order valence-electron chi connectivity index (χ2n) is 7.33. The number of carbonyl (C=O) groups is 1. The number of benzene rings is 3. The summed E-state index contributed by atoms with van der Waals surface area (Å²) < 4.78 is 20.0. The van der Waals surface area contributed by atoms with E-state index in [1.807, 2.05) is 42.5 Å². The smallest absolute Gasteiger partial charge is 0.197 e. The molecule has 3 aromatic carbocycles. The molecule has 0 spiro atoms. The molecule has 1 aliphatic carbocycles. The first kappa shape index (κ1) is 16.9. The highest BCUT2D eigenvalue weighted by atomic mass is 19.1. The SMILES string of the molecule is O=C1C(=c2ccc(=C3CCC3)cc2)C(c2ccccc2)Oc2ccc(F)cc21. The van der Waals surface area contributed by atoms with Crippen LogP contribution in [0.2, 0.25) is 0 Å². The van der Waals surface area contributed by atoms with Gasteiger partial charge in [-0.05, 0) is 53.5 Å². The summed E-state index contributed by atoms with van der Waals surface area (Å²) in [7, 11) is 0. The van der Waals surface area contributed by atoms with Gasteiger partial charge in [-0.3, -0.25) is 4.79 Å². The summed E-state index contributed by atoms with van der Waals surface area (Å²) in [4.78, 5) is 13.4. The molecule has 0 radical (unpaired) electrons. The fourth-order valence-corrected chi connectivity index (χ4v) is 3.91. The predicted molar refractivity (Wildman–Crippen MR) is 107 cm³/mol. The van der Waals surface area contributed by atoms with Gasteiger partial charge in [-0.2, -0.15) is 0 Å². The maximum Gasteiger partial charge on any atom is 0.197 e. The van der Waals surface area contributed by atoms with E-state index in [4.69, 9.17) is 4.74 Å². The lowest BCUT2D eigenvalue weighted by Crippen LogP contribution is -2.29. The Bertz CT molecular complexity index is 1170. The second-order valence-corrected chi connectivity index (χ2v) is 7.33. The molecule has 1 unspecified atom stereocenters. The zero-order valence-corrected chi connectivity index (χ0v) is 15.3. The molecule has 0 saturated heterocycles. The van der Waals surface area contributed by atoms with Gasteiger partial charge in [0.05, 0.1) is 11.1 Å². The van der Waals surface area contributed by atoms with Gasteiger partial charge >= 0.3 is 0 Å². The molecule has 138 valence electrons. The van der Waals surface area contributed by atoms with Crippen molar-refractivity contribution in [1.82, 2.24) is 0 Å². The maximum absolute atomic E-state index is 13.8. The Morgan fingerprint density at radius 1 is 0.857 bits per heavy atom. The molecule has 3 aromatic rings. The van der Waals surface area contributed by atoms with Gasteiger partial charge in [0.2, 0.25) is 0 Å². The first-order valence-electron chi connectivity index (χ1n) is 9.59. The maximum atomic E-state index is 13.8. The fraction of sp³-hybridized carbons (Fsp3) is 0.160. The van der Waals surface area contributed by atoms with Gasteiger partial charge in [0.15, 0.2) is 11.9 Å². The summed E-state index contributed by atoms with van der Waals surface area (Å²) in [5.41, 5.74) is 3.20. The van der Waals surface area contributed by atoms with E-state index in [1.54, 1.807) is 0 Å². The lowest BCUT2D eigenvalue weighted by atomic mass is 9.88. The summed E-state index contributed by atoms with van der Waals surface area (Å²) in [5, 5.41) is 2.06. The number of Topliss-reactive ketones (excluding diaryl/α,β-unsaturated/α-hetero) is 1. The second kappa shape index (κ2) is 6.75. The van der Waals surface area contributed by atoms with Crippen molar-refractivity contribution in [2.75, 3.05) is 0 Å². The van der Waals surface area contributed by atoms with Crippen molar-refractivity contribution >= 4 is 16.9 Å². The highest BCUT2D eigenvalue weighted by Crippen LogP contribution is 2.38. The van der Waals surface area contributed by atoms with Crippen molar-refractivity contribution < 1.29 is 13.9 Å². The molecule has 2 aliphatic rings. The number of carbonyl (C=O) groups excluding carboxylic acids is 1. The number of hydrogen-bond donors (Lipinski definition) is 0. The van der Waals surface area contributed by atoms with Crippen LogP contribution < -0.4 is 15.2 Å². The van der Waals surface area contributed by atoms with Crippen LogP contribution in [0.4, 0.5) is 4.39 Å². The van der Waals surface area contributed by atoms with Crippen molar-refractivity contribution in [2.24, 2.45) is 0 Å². The van der Waals surface area contributed by atoms with Gasteiger partial charge in [-0.15, -0.1) is 0 Å². The van der Waals surface area contributed by atoms with Crippen LogP contribution in [0.25, 0.3) is 11.1 Å². The topological polar surface area (TPSA) is 26.3 Å². The van der Waals surface area contributed by atoms with Gasteiger partial charge in [-0.1, -0.05) is 60.2 Å². The standard InChI is InChI=1S/C25H19FO2/c26-20-13-14-22-21(15-20)24(27)23(25(28-22)19-5-2-1-3-6-19)18-11-9-17(10-12-18)16-7-4-8-16/h1-3,5-6,9-15,25H,4,7-8H2. The average molecular weight is 370 g/mol. The molecule has 5 rings (SSSR count). The summed E-state index contributed by atoms with van der Waals surface area (Å²) in [5.74, 6) is -0.200. The summed E-state index contributed by atoms with van der Waals surface area (Å²) in [6.45, 7) is 0. The monoisotopic (exact) mass is 370 g/mol. The third-order valence-electron chi connectivity index (χ3n) is 5.60. The zero-order valence-electron chi connectivity index (χ0n) is 15.3. The Morgan fingerprint density at radius 3 is 2.25 bits per heavy atom. The van der Waals surface area contributed by atoms with Crippen molar-refractivity contribution in [3.8, 4) is 5.75 Å². The molecular formula is C25H19FO2. The lowest BCUT2D eigenvalue weighted by molar-refractivity contribution is 0.100. The van der Waals surface area contributed by atoms with Gasteiger partial charge in [0, 0.05) is 0 Å². The Balaban J connectivity index is 1.73. The Hall–Kier alpha value is -3.20. The molecule has 0 bridgehead atoms. The largest absolute Gasteiger partial charge is 0.480 e. The zero-order chi connectivity index (χ0) is 19.1. The fourth-order valence-electron chi connectivity index (χ4n) is 3.91. The van der Waals surface area contributed by atoms with Crippen molar-refractivity contribution in [3.05, 3.63) is 100 Å². The van der Waals surface area contributed by atoms with Crippen LogP contribution in [-0.2, 0) is 0 Å². The molecule has 2 nitrogen and oxygen atoms in total. The Labute approximate surface area is 162 Å². The van der Waals surface area contributed by atoms with Gasteiger partial charge in [0.1, 0.15) is 11.6 Å². The Morgan fingerprint density at radius 2 is 1.57 bits per heavy atom. The third-order valence-corrected chi connectivity index (χ3v) is 5.60. The quantitative estimate of drug-likeness (QED) is 0.637. The summed E-state index contributed by atoms with van der Waals surface area (Å²) >= 11 is 0. The molecule has 1 fully saturated rings. The minimum atomic E-state index is -0.520.